The number of fused-ring (bicyclic) bond motifs is 3. The molecule has 0 bridgehead atoms. The highest BCUT2D eigenvalue weighted by atomic mass is 16.2. The van der Waals surface area contributed by atoms with E-state index in [-0.39, 0.29) is 29.7 Å². The minimum Gasteiger partial charge on any atom is -0.341 e. The number of likely N-dealkylation sites (tertiary alicyclic amines) is 1. The maximum atomic E-state index is 12.8. The van der Waals surface area contributed by atoms with Crippen LogP contribution in [-0.2, 0) is 22.6 Å². The Hall–Kier alpha value is -3.58. The van der Waals surface area contributed by atoms with Gasteiger partial charge in [0.1, 0.15) is 5.82 Å². The van der Waals surface area contributed by atoms with E-state index < -0.39 is 0 Å². The number of H-pyrrole nitrogens is 1. The van der Waals surface area contributed by atoms with Crippen molar-refractivity contribution < 1.29 is 9.59 Å². The van der Waals surface area contributed by atoms with Crippen LogP contribution in [0.2, 0.25) is 0 Å². The van der Waals surface area contributed by atoms with Crippen molar-refractivity contribution in [2.45, 2.75) is 44.7 Å². The van der Waals surface area contributed by atoms with Crippen LogP contribution in [-0.4, -0.2) is 49.7 Å². The van der Waals surface area contributed by atoms with Gasteiger partial charge in [-0.05, 0) is 62.4 Å². The number of imidazole rings is 1. The van der Waals surface area contributed by atoms with Crippen molar-refractivity contribution in [3.63, 3.8) is 0 Å². The van der Waals surface area contributed by atoms with Crippen LogP contribution < -0.4 is 0 Å². The van der Waals surface area contributed by atoms with Crippen molar-refractivity contribution in [3.8, 4) is 0 Å². The lowest BCUT2D eigenvalue weighted by molar-refractivity contribution is -0.139. The SMILES string of the molecule is O=C1C2C=CC=CC2C(=O)N1CCCCN(Cc1nc2ccccc2[nH]1)C1CCCc2cccnc21. The van der Waals surface area contributed by atoms with E-state index in [1.54, 1.807) is 0 Å². The van der Waals surface area contributed by atoms with Gasteiger partial charge in [0.05, 0.1) is 41.1 Å². The van der Waals surface area contributed by atoms with Gasteiger partial charge >= 0.3 is 0 Å². The molecule has 1 saturated heterocycles. The normalized spacial score (nSPS) is 23.0. The van der Waals surface area contributed by atoms with E-state index in [0.29, 0.717) is 13.1 Å². The van der Waals surface area contributed by atoms with Crippen molar-refractivity contribution in [2.24, 2.45) is 11.8 Å². The van der Waals surface area contributed by atoms with E-state index in [0.717, 1.165) is 55.5 Å². The third-order valence-electron chi connectivity index (χ3n) is 7.71. The number of imide groups is 1. The van der Waals surface area contributed by atoms with Crippen molar-refractivity contribution in [1.82, 2.24) is 24.8 Å². The number of amides is 2. The Labute approximate surface area is 210 Å². The molecule has 1 aliphatic heterocycles. The summed E-state index contributed by atoms with van der Waals surface area (Å²) in [5, 5.41) is 0. The molecular formula is C29H31N5O2. The lowest BCUT2D eigenvalue weighted by atomic mass is 9.90. The maximum Gasteiger partial charge on any atom is 0.237 e. The Bertz CT molecular complexity index is 1280. The number of para-hydroxylation sites is 2. The molecule has 1 N–H and O–H groups in total. The fourth-order valence-electron chi connectivity index (χ4n) is 5.91. The molecule has 2 aliphatic carbocycles. The Morgan fingerprint density at radius 2 is 1.81 bits per heavy atom. The second kappa shape index (κ2) is 9.82. The van der Waals surface area contributed by atoms with Gasteiger partial charge in [0, 0.05) is 12.7 Å². The lowest BCUT2D eigenvalue weighted by Gasteiger charge is -2.34. The van der Waals surface area contributed by atoms with Gasteiger partial charge in [-0.2, -0.15) is 0 Å². The molecule has 0 saturated carbocycles. The number of nitrogens with one attached hydrogen (secondary N) is 1. The minimum absolute atomic E-state index is 0.0601. The molecule has 1 aromatic carbocycles. The fraction of sp³-hybridized carbons (Fsp3) is 0.379. The average molecular weight is 482 g/mol. The summed E-state index contributed by atoms with van der Waals surface area (Å²) < 4.78 is 0. The number of hydrogen-bond acceptors (Lipinski definition) is 5. The quantitative estimate of drug-likeness (QED) is 0.382. The van der Waals surface area contributed by atoms with Gasteiger partial charge in [-0.15, -0.1) is 0 Å². The van der Waals surface area contributed by atoms with Gasteiger partial charge in [0.25, 0.3) is 0 Å². The van der Waals surface area contributed by atoms with E-state index in [1.807, 2.05) is 54.8 Å². The van der Waals surface area contributed by atoms with Crippen molar-refractivity contribution in [2.75, 3.05) is 13.1 Å². The number of pyridine rings is 1. The largest absolute Gasteiger partial charge is 0.341 e. The summed E-state index contributed by atoms with van der Waals surface area (Å²) in [5.41, 5.74) is 4.53. The molecule has 3 aliphatic rings. The summed E-state index contributed by atoms with van der Waals surface area (Å²) in [6.45, 7) is 2.03. The first-order valence-electron chi connectivity index (χ1n) is 13.0. The molecular weight excluding hydrogens is 450 g/mol. The number of carbonyl (C=O) groups excluding carboxylic acids is 2. The van der Waals surface area contributed by atoms with E-state index in [4.69, 9.17) is 9.97 Å². The van der Waals surface area contributed by atoms with Crippen LogP contribution >= 0.6 is 0 Å². The summed E-state index contributed by atoms with van der Waals surface area (Å²) >= 11 is 0. The molecule has 6 rings (SSSR count). The van der Waals surface area contributed by atoms with Crippen LogP contribution in [0.3, 0.4) is 0 Å². The van der Waals surface area contributed by atoms with Crippen LogP contribution in [0.4, 0.5) is 0 Å². The van der Waals surface area contributed by atoms with Gasteiger partial charge in [-0.1, -0.05) is 42.5 Å². The number of carbonyl (C=O) groups is 2. The molecule has 184 valence electrons. The van der Waals surface area contributed by atoms with Crippen molar-refractivity contribution in [1.29, 1.82) is 0 Å². The monoisotopic (exact) mass is 481 g/mol. The van der Waals surface area contributed by atoms with Gasteiger partial charge < -0.3 is 4.98 Å². The number of benzene rings is 1. The Kier molecular flexibility index (Phi) is 6.23. The maximum absolute atomic E-state index is 12.8. The number of unbranched alkanes of at least 4 members (excludes halogenated alkanes) is 1. The third kappa shape index (κ3) is 4.28. The number of aryl methyl sites for hydroxylation is 1. The average Bonchev–Trinajstić information content (AvgIpc) is 3.44. The first kappa shape index (κ1) is 22.9. The summed E-state index contributed by atoms with van der Waals surface area (Å²) in [5.74, 6) is 0.186. The zero-order valence-electron chi connectivity index (χ0n) is 20.3. The molecule has 2 amide bonds. The van der Waals surface area contributed by atoms with Crippen LogP contribution in [0.5, 0.6) is 0 Å². The second-order valence-electron chi connectivity index (χ2n) is 9.98. The summed E-state index contributed by atoms with van der Waals surface area (Å²) in [6.07, 6.45) is 14.3. The molecule has 7 heteroatoms. The molecule has 3 unspecified atom stereocenters. The first-order chi connectivity index (χ1) is 17.7. The van der Waals surface area contributed by atoms with E-state index in [2.05, 4.69) is 22.0 Å². The third-order valence-corrected chi connectivity index (χ3v) is 7.71. The lowest BCUT2D eigenvalue weighted by Crippen LogP contribution is -2.34. The Morgan fingerprint density at radius 1 is 1.00 bits per heavy atom. The molecule has 3 heterocycles. The van der Waals surface area contributed by atoms with E-state index in [1.165, 1.54) is 16.2 Å². The topological polar surface area (TPSA) is 82.2 Å². The van der Waals surface area contributed by atoms with Crippen LogP contribution in [0.1, 0.15) is 48.8 Å². The van der Waals surface area contributed by atoms with Crippen molar-refractivity contribution in [3.05, 3.63) is 84.0 Å². The zero-order valence-corrected chi connectivity index (χ0v) is 20.3. The van der Waals surface area contributed by atoms with E-state index >= 15 is 0 Å². The van der Waals surface area contributed by atoms with Gasteiger partial charge in [0.2, 0.25) is 11.8 Å². The number of aromatic nitrogens is 3. The highest BCUT2D eigenvalue weighted by Crippen LogP contribution is 2.34. The molecule has 2 aromatic heterocycles. The Balaban J connectivity index is 1.16. The number of aromatic amines is 1. The van der Waals surface area contributed by atoms with Crippen molar-refractivity contribution >= 4 is 22.8 Å². The number of nitrogens with zero attached hydrogens (tertiary/aromatic N) is 4. The molecule has 0 spiro atoms. The summed E-state index contributed by atoms with van der Waals surface area (Å²) in [7, 11) is 0. The second-order valence-corrected chi connectivity index (χ2v) is 9.98. The molecule has 7 nitrogen and oxygen atoms in total. The number of allylic oxidation sites excluding steroid dienone is 2. The predicted molar refractivity (Wildman–Crippen MR) is 138 cm³/mol. The highest BCUT2D eigenvalue weighted by Gasteiger charge is 2.45. The van der Waals surface area contributed by atoms with Gasteiger partial charge in [-0.25, -0.2) is 4.98 Å². The summed E-state index contributed by atoms with van der Waals surface area (Å²) in [6, 6.07) is 12.6. The smallest absolute Gasteiger partial charge is 0.237 e. The molecule has 0 radical (unpaired) electrons. The summed E-state index contributed by atoms with van der Waals surface area (Å²) in [4.78, 5) is 42.6. The van der Waals surface area contributed by atoms with Crippen LogP contribution in [0.15, 0.2) is 66.9 Å². The first-order valence-corrected chi connectivity index (χ1v) is 13.0. The number of hydrogen-bond donors (Lipinski definition) is 1. The Morgan fingerprint density at radius 3 is 2.61 bits per heavy atom. The van der Waals surface area contributed by atoms with Gasteiger partial charge in [-0.3, -0.25) is 24.4 Å². The molecule has 1 fully saturated rings. The minimum atomic E-state index is -0.322. The standard InChI is InChI=1S/C29H31N5O2/c35-28-21-11-1-2-12-22(21)29(36)34(28)18-6-5-17-33(19-26-31-23-13-3-4-14-24(23)32-26)25-15-7-9-20-10-8-16-30-27(20)25/h1-4,8,10-14,16,21-22,25H,5-7,9,15,17-19H2,(H,31,32). The zero-order chi connectivity index (χ0) is 24.5. The molecule has 36 heavy (non-hydrogen) atoms. The molecule has 3 aromatic rings. The molecule has 3 atom stereocenters. The fourth-order valence-corrected chi connectivity index (χ4v) is 5.91. The van der Waals surface area contributed by atoms with E-state index in [9.17, 15) is 9.59 Å². The van der Waals surface area contributed by atoms with Crippen LogP contribution in [0, 0.1) is 11.8 Å². The van der Waals surface area contributed by atoms with Gasteiger partial charge in [0.15, 0.2) is 0 Å². The van der Waals surface area contributed by atoms with Crippen LogP contribution in [0.25, 0.3) is 11.0 Å². The highest BCUT2D eigenvalue weighted by molar-refractivity contribution is 6.07. The number of rotatable bonds is 8. The predicted octanol–water partition coefficient (Wildman–Crippen LogP) is 4.34.